The SMILES string of the molecule is C#Cc1nc(C(=O)N(c2cc(OC)cc(OC)c2)C2CCN(CCO[Si](C)(C)C(C)(C)C)C2=O)cs1. The molecule has 1 unspecified atom stereocenters. The number of anilines is 1. The smallest absolute Gasteiger partial charge is 0.278 e. The third-order valence-electron chi connectivity index (χ3n) is 6.89. The molecule has 36 heavy (non-hydrogen) atoms. The second-order valence-electron chi connectivity index (χ2n) is 10.2. The van der Waals surface area contributed by atoms with Gasteiger partial charge in [-0.25, -0.2) is 4.98 Å². The van der Waals surface area contributed by atoms with Gasteiger partial charge in [-0.1, -0.05) is 20.8 Å². The predicted octanol–water partition coefficient (Wildman–Crippen LogP) is 4.41. The summed E-state index contributed by atoms with van der Waals surface area (Å²) in [7, 11) is 1.15. The lowest BCUT2D eigenvalue weighted by molar-refractivity contribution is -0.129. The lowest BCUT2D eigenvalue weighted by Gasteiger charge is -2.36. The zero-order chi connectivity index (χ0) is 26.7. The molecule has 1 aliphatic heterocycles. The van der Waals surface area contributed by atoms with Crippen molar-refractivity contribution in [3.05, 3.63) is 34.3 Å². The van der Waals surface area contributed by atoms with Crippen molar-refractivity contribution in [2.45, 2.75) is 51.4 Å². The maximum Gasteiger partial charge on any atom is 0.278 e. The molecule has 1 aliphatic rings. The number of rotatable bonds is 9. The first-order valence-electron chi connectivity index (χ1n) is 11.8. The number of benzene rings is 1. The van der Waals surface area contributed by atoms with Crippen LogP contribution in [0.2, 0.25) is 18.1 Å². The third-order valence-corrected chi connectivity index (χ3v) is 12.2. The van der Waals surface area contributed by atoms with Crippen LogP contribution >= 0.6 is 11.3 Å². The van der Waals surface area contributed by atoms with Crippen molar-refractivity contribution >= 4 is 37.2 Å². The molecular formula is C26H35N3O5SSi. The fourth-order valence-electron chi connectivity index (χ4n) is 3.74. The highest BCUT2D eigenvalue weighted by molar-refractivity contribution is 7.10. The second kappa shape index (κ2) is 11.0. The largest absolute Gasteiger partial charge is 0.497 e. The molecule has 3 rings (SSSR count). The Kier molecular flexibility index (Phi) is 8.49. The number of hydrogen-bond acceptors (Lipinski definition) is 7. The van der Waals surface area contributed by atoms with Crippen molar-refractivity contribution in [3.8, 4) is 23.8 Å². The van der Waals surface area contributed by atoms with Crippen molar-refractivity contribution in [3.63, 3.8) is 0 Å². The first-order valence-corrected chi connectivity index (χ1v) is 15.6. The number of thiazole rings is 1. The summed E-state index contributed by atoms with van der Waals surface area (Å²) in [6.07, 6.45) is 5.95. The number of carbonyl (C=O) groups is 2. The van der Waals surface area contributed by atoms with Crippen LogP contribution < -0.4 is 14.4 Å². The summed E-state index contributed by atoms with van der Waals surface area (Å²) >= 11 is 1.21. The molecule has 8 nitrogen and oxygen atoms in total. The van der Waals surface area contributed by atoms with Gasteiger partial charge in [0.05, 0.1) is 26.5 Å². The molecule has 1 aromatic heterocycles. The van der Waals surface area contributed by atoms with Gasteiger partial charge < -0.3 is 18.8 Å². The average Bonchev–Trinajstić information content (AvgIpc) is 3.46. The van der Waals surface area contributed by atoms with E-state index in [0.29, 0.717) is 48.3 Å². The molecule has 0 radical (unpaired) electrons. The van der Waals surface area contributed by atoms with E-state index >= 15 is 0 Å². The minimum absolute atomic E-state index is 0.0873. The van der Waals surface area contributed by atoms with E-state index < -0.39 is 20.3 Å². The fraction of sp³-hybridized carbons (Fsp3) is 0.500. The summed E-state index contributed by atoms with van der Waals surface area (Å²) in [6, 6.07) is 4.45. The number of likely N-dealkylation sites (tertiary alicyclic amines) is 1. The number of nitrogens with zero attached hydrogens (tertiary/aromatic N) is 3. The normalized spacial score (nSPS) is 16.1. The number of methoxy groups -OCH3 is 2. The van der Waals surface area contributed by atoms with Crippen LogP contribution in [0.3, 0.4) is 0 Å². The van der Waals surface area contributed by atoms with Crippen molar-refractivity contribution in [1.82, 2.24) is 9.88 Å². The van der Waals surface area contributed by atoms with Crippen molar-refractivity contribution in [1.29, 1.82) is 0 Å². The Balaban J connectivity index is 1.88. The van der Waals surface area contributed by atoms with Crippen molar-refractivity contribution in [2.75, 3.05) is 38.8 Å². The lowest BCUT2D eigenvalue weighted by atomic mass is 10.1. The van der Waals surface area contributed by atoms with Gasteiger partial charge in [0, 0.05) is 36.7 Å². The number of aromatic nitrogens is 1. The molecule has 1 aromatic carbocycles. The average molecular weight is 530 g/mol. The monoisotopic (exact) mass is 529 g/mol. The number of hydrogen-bond donors (Lipinski definition) is 0. The van der Waals surface area contributed by atoms with Gasteiger partial charge in [-0.3, -0.25) is 14.5 Å². The van der Waals surface area contributed by atoms with Crippen LogP contribution in [0, 0.1) is 12.3 Å². The number of ether oxygens (including phenoxy) is 2. The number of carbonyl (C=O) groups excluding carboxylic acids is 2. The molecule has 2 aromatic rings. The predicted molar refractivity (Wildman–Crippen MR) is 145 cm³/mol. The van der Waals surface area contributed by atoms with E-state index in [-0.39, 0.29) is 16.6 Å². The topological polar surface area (TPSA) is 81.2 Å². The van der Waals surface area contributed by atoms with Crippen LogP contribution in [-0.4, -0.2) is 70.0 Å². The summed E-state index contributed by atoms with van der Waals surface area (Å²) in [5, 5.41) is 2.11. The summed E-state index contributed by atoms with van der Waals surface area (Å²) < 4.78 is 17.1. The van der Waals surface area contributed by atoms with E-state index in [9.17, 15) is 9.59 Å². The van der Waals surface area contributed by atoms with Gasteiger partial charge in [0.1, 0.15) is 23.2 Å². The maximum atomic E-state index is 13.7. The Bertz CT molecular complexity index is 1130. The van der Waals surface area contributed by atoms with Crippen LogP contribution in [0.4, 0.5) is 5.69 Å². The lowest BCUT2D eigenvalue weighted by Crippen LogP contribution is -2.47. The molecule has 1 atom stereocenters. The minimum atomic E-state index is -1.93. The fourth-order valence-corrected chi connectivity index (χ4v) is 5.37. The number of terminal acetylenes is 1. The van der Waals surface area contributed by atoms with Gasteiger partial charge in [-0.2, -0.15) is 0 Å². The van der Waals surface area contributed by atoms with Crippen LogP contribution in [0.1, 0.15) is 42.7 Å². The quantitative estimate of drug-likeness (QED) is 0.354. The van der Waals surface area contributed by atoms with E-state index in [0.717, 1.165) is 0 Å². The van der Waals surface area contributed by atoms with Crippen LogP contribution in [0.15, 0.2) is 23.6 Å². The Morgan fingerprint density at radius 3 is 2.42 bits per heavy atom. The zero-order valence-electron chi connectivity index (χ0n) is 22.1. The van der Waals surface area contributed by atoms with E-state index in [1.165, 1.54) is 30.5 Å². The van der Waals surface area contributed by atoms with Gasteiger partial charge in [0.25, 0.3) is 5.91 Å². The highest BCUT2D eigenvalue weighted by Gasteiger charge is 2.41. The Morgan fingerprint density at radius 1 is 1.25 bits per heavy atom. The standard InChI is InChI=1S/C26H35N3O5SSi/c1-9-23-27-21(17-35-23)24(30)29(18-14-19(32-5)16-20(15-18)33-6)22-10-11-28(25(22)31)12-13-34-36(7,8)26(2,3)4/h1,14-17,22H,10-13H2,2-8H3. The molecule has 2 heterocycles. The van der Waals surface area contributed by atoms with Crippen molar-refractivity contribution in [2.24, 2.45) is 0 Å². The van der Waals surface area contributed by atoms with E-state index in [1.807, 2.05) is 0 Å². The molecular weight excluding hydrogens is 494 g/mol. The molecule has 0 N–H and O–H groups in total. The van der Waals surface area contributed by atoms with Gasteiger partial charge in [-0.05, 0) is 30.5 Å². The molecule has 2 amide bonds. The maximum absolute atomic E-state index is 13.7. The van der Waals surface area contributed by atoms with E-state index in [4.69, 9.17) is 20.3 Å². The summed E-state index contributed by atoms with van der Waals surface area (Å²) in [5.74, 6) is 2.95. The first-order chi connectivity index (χ1) is 16.9. The van der Waals surface area contributed by atoms with E-state index in [2.05, 4.69) is 44.8 Å². The Labute approximate surface area is 218 Å². The highest BCUT2D eigenvalue weighted by Crippen LogP contribution is 2.37. The van der Waals surface area contributed by atoms with Crippen LogP contribution in [0.5, 0.6) is 11.5 Å². The van der Waals surface area contributed by atoms with Gasteiger partial charge >= 0.3 is 0 Å². The summed E-state index contributed by atoms with van der Waals surface area (Å²) in [5.41, 5.74) is 0.687. The van der Waals surface area contributed by atoms with Crippen LogP contribution in [0.25, 0.3) is 0 Å². The summed E-state index contributed by atoms with van der Waals surface area (Å²) in [6.45, 7) is 12.4. The molecule has 0 aliphatic carbocycles. The van der Waals surface area contributed by atoms with Gasteiger partial charge in [0.15, 0.2) is 13.3 Å². The molecule has 10 heteroatoms. The van der Waals surface area contributed by atoms with E-state index in [1.54, 1.807) is 28.5 Å². The number of amides is 2. The second-order valence-corrected chi connectivity index (χ2v) is 15.8. The summed E-state index contributed by atoms with van der Waals surface area (Å²) in [4.78, 5) is 34.8. The Hall–Kier alpha value is -2.87. The Morgan fingerprint density at radius 2 is 1.89 bits per heavy atom. The molecule has 1 saturated heterocycles. The van der Waals surface area contributed by atoms with Crippen LogP contribution in [-0.2, 0) is 9.22 Å². The molecule has 1 fully saturated rings. The molecule has 0 bridgehead atoms. The molecule has 194 valence electrons. The van der Waals surface area contributed by atoms with Gasteiger partial charge in [-0.15, -0.1) is 17.8 Å². The zero-order valence-corrected chi connectivity index (χ0v) is 23.9. The third kappa shape index (κ3) is 5.91. The molecule has 0 spiro atoms. The van der Waals surface area contributed by atoms with Crippen molar-refractivity contribution < 1.29 is 23.5 Å². The first kappa shape index (κ1) is 27.7. The van der Waals surface area contributed by atoms with Gasteiger partial charge in [0.2, 0.25) is 5.91 Å². The minimum Gasteiger partial charge on any atom is -0.497 e. The highest BCUT2D eigenvalue weighted by atomic mass is 32.1. The molecule has 0 saturated carbocycles.